The minimum absolute atomic E-state index is 0.0447. The lowest BCUT2D eigenvalue weighted by atomic mass is 9.86. The van der Waals surface area contributed by atoms with E-state index >= 15 is 17.6 Å². The number of amides is 3. The molecule has 0 radical (unpaired) electrons. The molecule has 2 fully saturated rings. The number of aromatic nitrogens is 5. The molecule has 11 nitrogen and oxygen atoms in total. The van der Waals surface area contributed by atoms with Crippen LogP contribution in [-0.4, -0.2) is 74.0 Å². The van der Waals surface area contributed by atoms with E-state index in [4.69, 9.17) is 0 Å². The number of benzene rings is 3. The summed E-state index contributed by atoms with van der Waals surface area (Å²) in [6.45, 7) is 1.76. The van der Waals surface area contributed by atoms with Gasteiger partial charge in [0.2, 0.25) is 17.7 Å². The molecule has 3 amide bonds. The molecule has 278 valence electrons. The Morgan fingerprint density at radius 2 is 1.74 bits per heavy atom. The number of carbonyl (C=O) groups excluding carboxylic acids is 3. The van der Waals surface area contributed by atoms with Crippen molar-refractivity contribution in [2.45, 2.75) is 56.9 Å². The van der Waals surface area contributed by atoms with Crippen LogP contribution >= 0.6 is 0 Å². The Balaban J connectivity index is 0.992. The minimum atomic E-state index is -0.675. The maximum absolute atomic E-state index is 16.1. The van der Waals surface area contributed by atoms with Crippen molar-refractivity contribution in [2.24, 2.45) is 0 Å². The largest absolute Gasteiger partial charge is 0.369 e. The first kappa shape index (κ1) is 35.2. The number of carbonyl (C=O) groups is 3. The van der Waals surface area contributed by atoms with Gasteiger partial charge in [0.05, 0.1) is 30.5 Å². The van der Waals surface area contributed by atoms with Crippen LogP contribution in [0.25, 0.3) is 27.6 Å². The molecule has 3 aliphatic rings. The van der Waals surface area contributed by atoms with Gasteiger partial charge in [0.1, 0.15) is 23.0 Å². The van der Waals surface area contributed by atoms with E-state index in [9.17, 15) is 14.4 Å². The van der Waals surface area contributed by atoms with Gasteiger partial charge < -0.3 is 9.80 Å². The quantitative estimate of drug-likeness (QED) is 0.148. The van der Waals surface area contributed by atoms with Gasteiger partial charge in [0, 0.05) is 61.7 Å². The molecule has 0 saturated carbocycles. The average molecular weight is 741 g/mol. The molecule has 8 rings (SSSR count). The molecule has 1 unspecified atom stereocenters. The summed E-state index contributed by atoms with van der Waals surface area (Å²) in [7, 11) is 0. The maximum Gasteiger partial charge on any atom is 0.234 e. The van der Waals surface area contributed by atoms with Gasteiger partial charge in [-0.25, -0.2) is 17.6 Å². The number of halogens is 4. The zero-order valence-electron chi connectivity index (χ0n) is 29.1. The molecule has 5 heterocycles. The van der Waals surface area contributed by atoms with Crippen molar-refractivity contribution in [2.75, 3.05) is 31.1 Å². The summed E-state index contributed by atoms with van der Waals surface area (Å²) >= 11 is 0. The Morgan fingerprint density at radius 1 is 0.907 bits per heavy atom. The van der Waals surface area contributed by atoms with E-state index in [1.54, 1.807) is 27.9 Å². The standard InChI is InChI=1S/C39H36F4N8O3/c40-31-19-29(28-17-27(37(43)38-30(28)20-45-47-38)24-2-1-11-50(21-24)36(53)9-14-51-15-10-44-48-51)32(41)18-26(31)22-7-12-49(13-8-22)34-5-3-23(16-33(34)42)25-4-6-35(52)46-39(25)54/h2-3,5,10,15-20,22,25H,1,4,6-9,11-14,21H2,(H,45,47)(H,46,52,54). The highest BCUT2D eigenvalue weighted by molar-refractivity contribution is 6.01. The van der Waals surface area contributed by atoms with Crippen molar-refractivity contribution in [1.82, 2.24) is 35.4 Å². The SMILES string of the molecule is O=C1CCC(c2ccc(N3CCC(c4cc(F)c(-c5cc(C6=CCCN(C(=O)CCn7ccnn7)C6)c(F)c6[nH]ncc56)cc4F)CC3)c(F)c2)C(=O)N1. The molecule has 0 bridgehead atoms. The van der Waals surface area contributed by atoms with Crippen LogP contribution in [0.4, 0.5) is 23.2 Å². The van der Waals surface area contributed by atoms with E-state index < -0.39 is 35.1 Å². The predicted octanol–water partition coefficient (Wildman–Crippen LogP) is 5.99. The number of fused-ring (bicyclic) bond motifs is 1. The van der Waals surface area contributed by atoms with Crippen LogP contribution in [0, 0.1) is 23.3 Å². The Hall–Kier alpha value is -5.86. The second kappa shape index (κ2) is 14.5. The molecular weight excluding hydrogens is 704 g/mol. The van der Waals surface area contributed by atoms with Crippen LogP contribution in [0.2, 0.25) is 0 Å². The minimum Gasteiger partial charge on any atom is -0.369 e. The topological polar surface area (TPSA) is 129 Å². The van der Waals surface area contributed by atoms with E-state index in [1.807, 2.05) is 11.0 Å². The van der Waals surface area contributed by atoms with Crippen LogP contribution < -0.4 is 10.2 Å². The van der Waals surface area contributed by atoms with Crippen LogP contribution in [0.1, 0.15) is 67.1 Å². The number of imide groups is 1. The number of aryl methyl sites for hydroxylation is 1. The smallest absolute Gasteiger partial charge is 0.234 e. The normalized spacial score (nSPS) is 18.3. The number of nitrogens with one attached hydrogen (secondary N) is 2. The third kappa shape index (κ3) is 6.74. The first-order chi connectivity index (χ1) is 26.1. The highest BCUT2D eigenvalue weighted by atomic mass is 19.1. The van der Waals surface area contributed by atoms with Crippen molar-refractivity contribution in [3.8, 4) is 11.1 Å². The molecule has 5 aromatic rings. The summed E-state index contributed by atoms with van der Waals surface area (Å²) < 4.78 is 65.0. The fourth-order valence-corrected chi connectivity index (χ4v) is 7.93. The number of piperidine rings is 2. The molecule has 2 saturated heterocycles. The highest BCUT2D eigenvalue weighted by Gasteiger charge is 2.31. The maximum atomic E-state index is 16.1. The predicted molar refractivity (Wildman–Crippen MR) is 191 cm³/mol. The van der Waals surface area contributed by atoms with Crippen LogP contribution in [-0.2, 0) is 20.9 Å². The fraction of sp³-hybridized carbons (Fsp3) is 0.333. The molecule has 1 atom stereocenters. The van der Waals surface area contributed by atoms with Gasteiger partial charge in [-0.1, -0.05) is 17.4 Å². The number of aromatic amines is 1. The molecule has 0 aliphatic carbocycles. The molecule has 0 spiro atoms. The monoisotopic (exact) mass is 740 g/mol. The lowest BCUT2D eigenvalue weighted by molar-refractivity contribution is -0.134. The Kier molecular flexibility index (Phi) is 9.46. The summed E-state index contributed by atoms with van der Waals surface area (Å²) in [6.07, 6.45) is 8.52. The van der Waals surface area contributed by atoms with Gasteiger partial charge in [-0.15, -0.1) is 5.10 Å². The van der Waals surface area contributed by atoms with E-state index in [2.05, 4.69) is 25.8 Å². The van der Waals surface area contributed by atoms with Crippen molar-refractivity contribution in [1.29, 1.82) is 0 Å². The number of anilines is 1. The van der Waals surface area contributed by atoms with E-state index in [-0.39, 0.29) is 64.9 Å². The molecule has 54 heavy (non-hydrogen) atoms. The van der Waals surface area contributed by atoms with Crippen molar-refractivity contribution >= 4 is 39.9 Å². The van der Waals surface area contributed by atoms with Crippen molar-refractivity contribution < 1.29 is 31.9 Å². The van der Waals surface area contributed by atoms with E-state index in [0.717, 1.165) is 6.07 Å². The van der Waals surface area contributed by atoms with Crippen molar-refractivity contribution in [3.05, 3.63) is 101 Å². The molecule has 2 N–H and O–H groups in total. The van der Waals surface area contributed by atoms with Crippen molar-refractivity contribution in [3.63, 3.8) is 0 Å². The number of nitrogens with zero attached hydrogens (tertiary/aromatic N) is 6. The van der Waals surface area contributed by atoms with Gasteiger partial charge in [0.25, 0.3) is 0 Å². The highest BCUT2D eigenvalue weighted by Crippen LogP contribution is 2.40. The zero-order valence-corrected chi connectivity index (χ0v) is 29.1. The summed E-state index contributed by atoms with van der Waals surface area (Å²) in [5, 5.41) is 16.9. The third-order valence-corrected chi connectivity index (χ3v) is 10.8. The van der Waals surface area contributed by atoms with Crippen LogP contribution in [0.3, 0.4) is 0 Å². The summed E-state index contributed by atoms with van der Waals surface area (Å²) in [4.78, 5) is 40.4. The lowest BCUT2D eigenvalue weighted by Gasteiger charge is -2.34. The first-order valence-electron chi connectivity index (χ1n) is 18.0. The number of hydrogen-bond donors (Lipinski definition) is 2. The zero-order chi connectivity index (χ0) is 37.5. The van der Waals surface area contributed by atoms with E-state index in [1.165, 1.54) is 30.6 Å². The molecule has 3 aliphatic heterocycles. The van der Waals surface area contributed by atoms with Crippen LogP contribution in [0.5, 0.6) is 0 Å². The molecular formula is C39H36F4N8O3. The lowest BCUT2D eigenvalue weighted by Crippen LogP contribution is -2.39. The van der Waals surface area contributed by atoms with Gasteiger partial charge in [0.15, 0.2) is 5.82 Å². The Labute approximate surface area is 307 Å². The summed E-state index contributed by atoms with van der Waals surface area (Å²) in [5.41, 5.74) is 2.06. The van der Waals surface area contributed by atoms with E-state index in [0.29, 0.717) is 74.1 Å². The van der Waals surface area contributed by atoms with Gasteiger partial charge >= 0.3 is 0 Å². The summed E-state index contributed by atoms with van der Waals surface area (Å²) in [5.74, 6) is -4.19. The second-order valence-electron chi connectivity index (χ2n) is 14.0. The number of hydrogen-bond acceptors (Lipinski definition) is 7. The first-order valence-corrected chi connectivity index (χ1v) is 18.0. The third-order valence-electron chi connectivity index (χ3n) is 10.8. The molecule has 2 aromatic heterocycles. The second-order valence-corrected chi connectivity index (χ2v) is 14.0. The summed E-state index contributed by atoms with van der Waals surface area (Å²) in [6, 6.07) is 8.48. The Bertz CT molecular complexity index is 2300. The number of rotatable bonds is 8. The Morgan fingerprint density at radius 3 is 2.50 bits per heavy atom. The molecule has 3 aromatic carbocycles. The van der Waals surface area contributed by atoms with Crippen LogP contribution in [0.15, 0.2) is 61.1 Å². The fourth-order valence-electron chi connectivity index (χ4n) is 7.93. The van der Waals surface area contributed by atoms with Gasteiger partial charge in [-0.2, -0.15) is 5.10 Å². The van der Waals surface area contributed by atoms with Gasteiger partial charge in [-0.3, -0.25) is 29.5 Å². The average Bonchev–Trinajstić information content (AvgIpc) is 3.89. The number of H-pyrrole nitrogens is 1. The molecule has 15 heteroatoms. The van der Waals surface area contributed by atoms with Gasteiger partial charge in [-0.05, 0) is 84.2 Å².